The van der Waals surface area contributed by atoms with Gasteiger partial charge >= 0.3 is 0 Å². The summed E-state index contributed by atoms with van der Waals surface area (Å²) >= 11 is 0. The van der Waals surface area contributed by atoms with E-state index in [0.717, 1.165) is 22.4 Å². The standard InChI is InChI=1S/C22H25N3O4S/c1-15-7-8-16(2)20(13-15)30(26,27)25-11-9-17(10-12-25)21-23-22(29-24-21)18-5-4-6-19(14-18)28-3/h4-8,13-14,17H,9-12H2,1-3H3. The smallest absolute Gasteiger partial charge is 0.258 e. The van der Waals surface area contributed by atoms with Crippen molar-refractivity contribution in [3.05, 3.63) is 59.4 Å². The van der Waals surface area contributed by atoms with Gasteiger partial charge in [-0.2, -0.15) is 9.29 Å². The Balaban J connectivity index is 1.47. The molecule has 158 valence electrons. The summed E-state index contributed by atoms with van der Waals surface area (Å²) in [4.78, 5) is 4.94. The number of piperidine rings is 1. The van der Waals surface area contributed by atoms with Crippen molar-refractivity contribution in [1.82, 2.24) is 14.4 Å². The average Bonchev–Trinajstić information content (AvgIpc) is 3.26. The number of aryl methyl sites for hydroxylation is 2. The zero-order valence-electron chi connectivity index (χ0n) is 17.3. The van der Waals surface area contributed by atoms with Crippen LogP contribution in [0.25, 0.3) is 11.5 Å². The Hall–Kier alpha value is -2.71. The molecule has 3 aromatic rings. The fraction of sp³-hybridized carbons (Fsp3) is 0.364. The molecule has 2 heterocycles. The lowest BCUT2D eigenvalue weighted by atomic mass is 9.97. The molecule has 0 unspecified atom stereocenters. The Morgan fingerprint density at radius 1 is 1.10 bits per heavy atom. The Bertz CT molecular complexity index is 1150. The van der Waals surface area contributed by atoms with E-state index in [1.807, 2.05) is 50.2 Å². The van der Waals surface area contributed by atoms with Crippen molar-refractivity contribution in [2.75, 3.05) is 20.2 Å². The van der Waals surface area contributed by atoms with E-state index in [4.69, 9.17) is 9.26 Å². The highest BCUT2D eigenvalue weighted by Crippen LogP contribution is 2.32. The summed E-state index contributed by atoms with van der Waals surface area (Å²) < 4.78 is 38.5. The molecule has 0 radical (unpaired) electrons. The van der Waals surface area contributed by atoms with Gasteiger partial charge in [-0.25, -0.2) is 8.42 Å². The monoisotopic (exact) mass is 427 g/mol. The predicted octanol–water partition coefficient (Wildman–Crippen LogP) is 3.93. The van der Waals surface area contributed by atoms with Crippen molar-refractivity contribution in [2.24, 2.45) is 0 Å². The molecule has 0 bridgehead atoms. The highest BCUT2D eigenvalue weighted by molar-refractivity contribution is 7.89. The van der Waals surface area contributed by atoms with E-state index in [1.54, 1.807) is 17.5 Å². The van der Waals surface area contributed by atoms with Gasteiger partial charge in [0.15, 0.2) is 5.82 Å². The first-order chi connectivity index (χ1) is 14.4. The number of benzene rings is 2. The number of hydrogen-bond donors (Lipinski definition) is 0. The third kappa shape index (κ3) is 3.97. The number of aromatic nitrogens is 2. The first-order valence-electron chi connectivity index (χ1n) is 9.94. The van der Waals surface area contributed by atoms with Crippen LogP contribution in [-0.4, -0.2) is 43.1 Å². The lowest BCUT2D eigenvalue weighted by molar-refractivity contribution is 0.307. The Labute approximate surface area is 176 Å². The van der Waals surface area contributed by atoms with Gasteiger partial charge in [0.1, 0.15) is 5.75 Å². The molecule has 4 rings (SSSR count). The van der Waals surface area contributed by atoms with Crippen molar-refractivity contribution in [1.29, 1.82) is 0 Å². The van der Waals surface area contributed by atoms with Crippen LogP contribution in [-0.2, 0) is 10.0 Å². The minimum Gasteiger partial charge on any atom is -0.497 e. The quantitative estimate of drug-likeness (QED) is 0.613. The van der Waals surface area contributed by atoms with Crippen LogP contribution in [0.5, 0.6) is 5.75 Å². The van der Waals surface area contributed by atoms with E-state index in [0.29, 0.717) is 42.5 Å². The summed E-state index contributed by atoms with van der Waals surface area (Å²) in [5.41, 5.74) is 2.50. The van der Waals surface area contributed by atoms with Gasteiger partial charge in [0.05, 0.1) is 12.0 Å². The average molecular weight is 428 g/mol. The number of sulfonamides is 1. The van der Waals surface area contributed by atoms with Crippen LogP contribution in [0.4, 0.5) is 0 Å². The molecule has 0 N–H and O–H groups in total. The second-order valence-electron chi connectivity index (χ2n) is 7.64. The van der Waals surface area contributed by atoms with Crippen LogP contribution in [0.3, 0.4) is 0 Å². The molecule has 0 amide bonds. The van der Waals surface area contributed by atoms with E-state index in [2.05, 4.69) is 10.1 Å². The van der Waals surface area contributed by atoms with E-state index in [-0.39, 0.29) is 5.92 Å². The molecular formula is C22H25N3O4S. The summed E-state index contributed by atoms with van der Waals surface area (Å²) in [6, 6.07) is 13.0. The topological polar surface area (TPSA) is 85.5 Å². The second kappa shape index (κ2) is 8.20. The molecule has 1 saturated heterocycles. The molecule has 8 heteroatoms. The summed E-state index contributed by atoms with van der Waals surface area (Å²) in [7, 11) is -1.90. The maximum atomic E-state index is 13.1. The van der Waals surface area contributed by atoms with E-state index < -0.39 is 10.0 Å². The highest BCUT2D eigenvalue weighted by atomic mass is 32.2. The lowest BCUT2D eigenvalue weighted by Crippen LogP contribution is -2.38. The number of nitrogens with zero attached hydrogens (tertiary/aromatic N) is 3. The molecule has 1 aliphatic rings. The zero-order valence-corrected chi connectivity index (χ0v) is 18.1. The fourth-order valence-electron chi connectivity index (χ4n) is 3.75. The van der Waals surface area contributed by atoms with Crippen molar-refractivity contribution in [3.8, 4) is 17.2 Å². The Kier molecular flexibility index (Phi) is 5.62. The Morgan fingerprint density at radius 3 is 2.60 bits per heavy atom. The maximum absolute atomic E-state index is 13.1. The molecule has 0 atom stereocenters. The molecule has 2 aromatic carbocycles. The molecule has 7 nitrogen and oxygen atoms in total. The van der Waals surface area contributed by atoms with Gasteiger partial charge < -0.3 is 9.26 Å². The summed E-state index contributed by atoms with van der Waals surface area (Å²) in [5, 5.41) is 4.15. The summed E-state index contributed by atoms with van der Waals surface area (Å²) in [5.74, 6) is 1.85. The fourth-order valence-corrected chi connectivity index (χ4v) is 5.53. The van der Waals surface area contributed by atoms with Gasteiger partial charge in [-0.3, -0.25) is 0 Å². The zero-order chi connectivity index (χ0) is 21.3. The van der Waals surface area contributed by atoms with Crippen LogP contribution in [0.1, 0.15) is 35.7 Å². The van der Waals surface area contributed by atoms with Gasteiger partial charge in [-0.1, -0.05) is 23.4 Å². The third-order valence-corrected chi connectivity index (χ3v) is 7.58. The first kappa shape index (κ1) is 20.6. The van der Waals surface area contributed by atoms with Gasteiger partial charge in [-0.15, -0.1) is 0 Å². The normalized spacial score (nSPS) is 16.0. The minimum atomic E-state index is -3.51. The molecule has 0 spiro atoms. The number of methoxy groups -OCH3 is 1. The second-order valence-corrected chi connectivity index (χ2v) is 9.54. The molecule has 0 aliphatic carbocycles. The van der Waals surface area contributed by atoms with Gasteiger partial charge in [0.25, 0.3) is 5.89 Å². The van der Waals surface area contributed by atoms with Gasteiger partial charge in [-0.05, 0) is 62.1 Å². The largest absolute Gasteiger partial charge is 0.497 e. The van der Waals surface area contributed by atoms with Crippen LogP contribution >= 0.6 is 0 Å². The maximum Gasteiger partial charge on any atom is 0.258 e. The third-order valence-electron chi connectivity index (χ3n) is 5.54. The number of ether oxygens (including phenoxy) is 1. The first-order valence-corrected chi connectivity index (χ1v) is 11.4. The van der Waals surface area contributed by atoms with Crippen LogP contribution in [0.2, 0.25) is 0 Å². The van der Waals surface area contributed by atoms with Crippen molar-refractivity contribution < 1.29 is 17.7 Å². The predicted molar refractivity (Wildman–Crippen MR) is 113 cm³/mol. The molecular weight excluding hydrogens is 402 g/mol. The molecule has 1 aliphatic heterocycles. The minimum absolute atomic E-state index is 0.0677. The highest BCUT2D eigenvalue weighted by Gasteiger charge is 2.32. The Morgan fingerprint density at radius 2 is 1.87 bits per heavy atom. The van der Waals surface area contributed by atoms with Crippen LogP contribution in [0.15, 0.2) is 51.9 Å². The van der Waals surface area contributed by atoms with Crippen molar-refractivity contribution >= 4 is 10.0 Å². The van der Waals surface area contributed by atoms with Gasteiger partial charge in [0.2, 0.25) is 10.0 Å². The van der Waals surface area contributed by atoms with E-state index >= 15 is 0 Å². The number of rotatable bonds is 5. The molecule has 1 aromatic heterocycles. The van der Waals surface area contributed by atoms with Crippen LogP contribution < -0.4 is 4.74 Å². The molecule has 1 fully saturated rings. The van der Waals surface area contributed by atoms with Gasteiger partial charge in [0, 0.05) is 24.6 Å². The summed E-state index contributed by atoms with van der Waals surface area (Å²) in [6.07, 6.45) is 1.31. The van der Waals surface area contributed by atoms with Crippen molar-refractivity contribution in [3.63, 3.8) is 0 Å². The van der Waals surface area contributed by atoms with E-state index in [1.165, 1.54) is 0 Å². The van der Waals surface area contributed by atoms with E-state index in [9.17, 15) is 8.42 Å². The summed E-state index contributed by atoms with van der Waals surface area (Å²) in [6.45, 7) is 4.60. The number of hydrogen-bond acceptors (Lipinski definition) is 6. The van der Waals surface area contributed by atoms with Crippen LogP contribution in [0, 0.1) is 13.8 Å². The lowest BCUT2D eigenvalue weighted by Gasteiger charge is -2.30. The molecule has 30 heavy (non-hydrogen) atoms. The van der Waals surface area contributed by atoms with Crippen molar-refractivity contribution in [2.45, 2.75) is 37.5 Å². The molecule has 0 saturated carbocycles. The SMILES string of the molecule is COc1cccc(-c2nc(C3CCN(S(=O)(=O)c4cc(C)ccc4C)CC3)no2)c1.